The maximum atomic E-state index is 11.9. The van der Waals surface area contributed by atoms with Crippen LogP contribution in [0.15, 0.2) is 76.1 Å². The summed E-state index contributed by atoms with van der Waals surface area (Å²) >= 11 is 0. The molecule has 1 aliphatic carbocycles. The van der Waals surface area contributed by atoms with Gasteiger partial charge in [-0.25, -0.2) is 9.78 Å². The van der Waals surface area contributed by atoms with Gasteiger partial charge >= 0.3 is 5.63 Å². The van der Waals surface area contributed by atoms with Gasteiger partial charge in [-0.05, 0) is 36.4 Å². The molecule has 2 aromatic heterocycles. The molecule has 32 heavy (non-hydrogen) atoms. The Balaban J connectivity index is 1.08. The summed E-state index contributed by atoms with van der Waals surface area (Å²) in [6, 6.07) is 20.8. The summed E-state index contributed by atoms with van der Waals surface area (Å²) < 4.78 is 5.31. The highest BCUT2D eigenvalue weighted by Gasteiger charge is 2.35. The summed E-state index contributed by atoms with van der Waals surface area (Å²) in [5.41, 5.74) is 1.21. The van der Waals surface area contributed by atoms with Gasteiger partial charge in [-0.2, -0.15) is 0 Å². The highest BCUT2D eigenvalue weighted by Crippen LogP contribution is 2.32. The van der Waals surface area contributed by atoms with Crippen LogP contribution in [0.1, 0.15) is 12.8 Å². The zero-order valence-corrected chi connectivity index (χ0v) is 17.9. The molecule has 1 N–H and O–H groups in total. The zero-order valence-electron chi connectivity index (χ0n) is 17.9. The summed E-state index contributed by atoms with van der Waals surface area (Å²) in [6.45, 7) is 4.11. The van der Waals surface area contributed by atoms with Crippen molar-refractivity contribution in [3.8, 4) is 0 Å². The fraction of sp³-hybridized carbons (Fsp3) is 0.308. The summed E-state index contributed by atoms with van der Waals surface area (Å²) in [5.74, 6) is 1.10. The van der Waals surface area contributed by atoms with Gasteiger partial charge in [0, 0.05) is 61.3 Å². The molecule has 3 heterocycles. The average molecular weight is 427 g/mol. The van der Waals surface area contributed by atoms with E-state index < -0.39 is 0 Å². The van der Waals surface area contributed by atoms with Crippen LogP contribution in [0, 0.1) is 0 Å². The Morgan fingerprint density at radius 2 is 1.66 bits per heavy atom. The predicted molar refractivity (Wildman–Crippen MR) is 128 cm³/mol. The minimum absolute atomic E-state index is 0.305. The molecule has 2 aliphatic rings. The smallest absolute Gasteiger partial charge is 0.338 e. The molecule has 4 aromatic rings. The lowest BCUT2D eigenvalue weighted by molar-refractivity contribution is 0.110. The maximum absolute atomic E-state index is 11.9. The standard InChI is InChI=1S/C26H26N4O2/c31-25-17-23(22-7-3-4-8-24(22)32-25)28-19-15-20(16-19)29-11-13-30(14-12-29)26-21-6-2-1-5-18(21)9-10-27-26/h1-10,17,19-20,28H,11-16H2. The largest absolute Gasteiger partial charge is 0.423 e. The van der Waals surface area contributed by atoms with E-state index in [2.05, 4.69) is 50.4 Å². The zero-order chi connectivity index (χ0) is 21.5. The van der Waals surface area contributed by atoms with Crippen LogP contribution in [0.25, 0.3) is 21.7 Å². The van der Waals surface area contributed by atoms with Crippen molar-refractivity contribution in [2.45, 2.75) is 24.9 Å². The third-order valence-electron chi connectivity index (χ3n) is 6.91. The number of anilines is 2. The van der Waals surface area contributed by atoms with Crippen molar-refractivity contribution in [1.29, 1.82) is 0 Å². The normalized spacial score (nSPS) is 21.6. The molecule has 0 radical (unpaired) electrons. The number of fused-ring (bicyclic) bond motifs is 2. The molecule has 0 atom stereocenters. The molecule has 0 unspecified atom stereocenters. The molecule has 6 heteroatoms. The second kappa shape index (κ2) is 7.95. The molecule has 2 fully saturated rings. The molecule has 1 aliphatic heterocycles. The lowest BCUT2D eigenvalue weighted by Gasteiger charge is -2.47. The first-order valence-corrected chi connectivity index (χ1v) is 11.4. The summed E-state index contributed by atoms with van der Waals surface area (Å²) in [4.78, 5) is 21.6. The van der Waals surface area contributed by atoms with E-state index in [4.69, 9.17) is 4.42 Å². The molecular formula is C26H26N4O2. The second-order valence-electron chi connectivity index (χ2n) is 8.82. The molecular weight excluding hydrogens is 400 g/mol. The highest BCUT2D eigenvalue weighted by molar-refractivity contribution is 5.92. The minimum atomic E-state index is -0.305. The van der Waals surface area contributed by atoms with Gasteiger partial charge in [-0.1, -0.05) is 36.4 Å². The highest BCUT2D eigenvalue weighted by atomic mass is 16.4. The lowest BCUT2D eigenvalue weighted by Crippen LogP contribution is -2.56. The Kier molecular flexibility index (Phi) is 4.80. The Labute approximate surface area is 186 Å². The number of hydrogen-bond acceptors (Lipinski definition) is 6. The van der Waals surface area contributed by atoms with Crippen LogP contribution in [0.4, 0.5) is 11.5 Å². The number of para-hydroxylation sites is 1. The van der Waals surface area contributed by atoms with Crippen LogP contribution in [-0.4, -0.2) is 48.1 Å². The number of hydrogen-bond donors (Lipinski definition) is 1. The van der Waals surface area contributed by atoms with Crippen LogP contribution in [-0.2, 0) is 0 Å². The number of piperazine rings is 1. The van der Waals surface area contributed by atoms with Crippen LogP contribution in [0.2, 0.25) is 0 Å². The molecule has 0 amide bonds. The van der Waals surface area contributed by atoms with Gasteiger partial charge in [-0.15, -0.1) is 0 Å². The van der Waals surface area contributed by atoms with E-state index >= 15 is 0 Å². The van der Waals surface area contributed by atoms with Crippen molar-refractivity contribution in [2.24, 2.45) is 0 Å². The molecule has 0 bridgehead atoms. The summed E-state index contributed by atoms with van der Waals surface area (Å²) in [6.07, 6.45) is 4.11. The first kappa shape index (κ1) is 19.3. The van der Waals surface area contributed by atoms with E-state index in [0.29, 0.717) is 17.7 Å². The Hall–Kier alpha value is -3.38. The van der Waals surface area contributed by atoms with E-state index in [9.17, 15) is 4.79 Å². The Bertz CT molecular complexity index is 1310. The fourth-order valence-corrected chi connectivity index (χ4v) is 5.11. The van der Waals surface area contributed by atoms with Gasteiger partial charge in [0.2, 0.25) is 0 Å². The SMILES string of the molecule is O=c1cc(NC2CC(N3CCN(c4nccc5ccccc45)CC3)C2)c2ccccc2o1. The van der Waals surface area contributed by atoms with E-state index in [0.717, 1.165) is 55.9 Å². The molecule has 0 spiro atoms. The first-order chi connectivity index (χ1) is 15.7. The van der Waals surface area contributed by atoms with Gasteiger partial charge < -0.3 is 14.6 Å². The van der Waals surface area contributed by atoms with Crippen molar-refractivity contribution in [2.75, 3.05) is 36.4 Å². The van der Waals surface area contributed by atoms with Gasteiger partial charge in [0.15, 0.2) is 0 Å². The predicted octanol–water partition coefficient (Wildman–Crippen LogP) is 4.11. The molecule has 1 saturated carbocycles. The van der Waals surface area contributed by atoms with Crippen molar-refractivity contribution >= 4 is 33.2 Å². The number of pyridine rings is 1. The van der Waals surface area contributed by atoms with Crippen molar-refractivity contribution in [3.05, 3.63) is 77.3 Å². The third-order valence-corrected chi connectivity index (χ3v) is 6.91. The fourth-order valence-electron chi connectivity index (χ4n) is 5.11. The van der Waals surface area contributed by atoms with Crippen LogP contribution in [0.3, 0.4) is 0 Å². The van der Waals surface area contributed by atoms with Crippen molar-refractivity contribution in [1.82, 2.24) is 9.88 Å². The van der Waals surface area contributed by atoms with Crippen molar-refractivity contribution < 1.29 is 4.42 Å². The number of nitrogens with one attached hydrogen (secondary N) is 1. The Morgan fingerprint density at radius 3 is 2.50 bits per heavy atom. The second-order valence-corrected chi connectivity index (χ2v) is 8.82. The van der Waals surface area contributed by atoms with Gasteiger partial charge in [0.05, 0.1) is 5.69 Å². The maximum Gasteiger partial charge on any atom is 0.338 e. The molecule has 2 aromatic carbocycles. The quantitative estimate of drug-likeness (QED) is 0.496. The molecule has 162 valence electrons. The summed E-state index contributed by atoms with van der Waals surface area (Å²) in [5, 5.41) is 7.02. The lowest BCUT2D eigenvalue weighted by atomic mass is 9.84. The third kappa shape index (κ3) is 3.50. The average Bonchev–Trinajstić information content (AvgIpc) is 2.81. The van der Waals surface area contributed by atoms with Gasteiger partial charge in [0.25, 0.3) is 0 Å². The number of rotatable bonds is 4. The topological polar surface area (TPSA) is 61.6 Å². The van der Waals surface area contributed by atoms with Crippen LogP contribution in [0.5, 0.6) is 0 Å². The number of nitrogens with zero attached hydrogens (tertiary/aromatic N) is 3. The summed E-state index contributed by atoms with van der Waals surface area (Å²) in [7, 11) is 0. The first-order valence-electron chi connectivity index (χ1n) is 11.4. The van der Waals surface area contributed by atoms with E-state index in [1.54, 1.807) is 6.07 Å². The van der Waals surface area contributed by atoms with Gasteiger partial charge in [0.1, 0.15) is 11.4 Å². The van der Waals surface area contributed by atoms with Gasteiger partial charge in [-0.3, -0.25) is 4.90 Å². The molecule has 6 nitrogen and oxygen atoms in total. The van der Waals surface area contributed by atoms with E-state index in [-0.39, 0.29) is 5.63 Å². The monoisotopic (exact) mass is 426 g/mol. The Morgan fingerprint density at radius 1 is 0.906 bits per heavy atom. The van der Waals surface area contributed by atoms with Crippen LogP contribution < -0.4 is 15.8 Å². The number of benzene rings is 2. The van der Waals surface area contributed by atoms with E-state index in [1.165, 1.54) is 10.8 Å². The van der Waals surface area contributed by atoms with E-state index in [1.807, 2.05) is 30.5 Å². The molecule has 1 saturated heterocycles. The minimum Gasteiger partial charge on any atom is -0.423 e. The van der Waals surface area contributed by atoms with Crippen LogP contribution >= 0.6 is 0 Å². The number of aromatic nitrogens is 1. The van der Waals surface area contributed by atoms with Crippen molar-refractivity contribution in [3.63, 3.8) is 0 Å². The molecule has 6 rings (SSSR count).